The number of rotatable bonds is 0. The number of piperidine rings is 1. The molecule has 2 heterocycles. The molecular formula is C12H12F3NO. The predicted octanol–water partition coefficient (Wildman–Crippen LogP) is 2.89. The predicted molar refractivity (Wildman–Crippen MR) is 55.8 cm³/mol. The lowest BCUT2D eigenvalue weighted by Gasteiger charge is -2.37. The molecule has 1 saturated heterocycles. The van der Waals surface area contributed by atoms with Crippen LogP contribution in [-0.2, 0) is 6.18 Å². The van der Waals surface area contributed by atoms with E-state index in [0.29, 0.717) is 12.0 Å². The van der Waals surface area contributed by atoms with Crippen LogP contribution < -0.4 is 10.1 Å². The number of fused-ring (bicyclic) bond motifs is 4. The standard InChI is InChI=1S/C12H12F3NO/c13-12(14,15)7-1-2-9-10-6-8(3-4-16-10)17-11(9)5-7/h1-2,5,8,10,16H,3-4,6H2/t8-,10+/m0/s1/i4D2. The van der Waals surface area contributed by atoms with E-state index in [9.17, 15) is 13.2 Å². The summed E-state index contributed by atoms with van der Waals surface area (Å²) >= 11 is 0. The number of nitrogens with one attached hydrogen (secondary N) is 1. The van der Waals surface area contributed by atoms with Crippen LogP contribution >= 0.6 is 0 Å². The van der Waals surface area contributed by atoms with Gasteiger partial charge in [0.15, 0.2) is 0 Å². The summed E-state index contributed by atoms with van der Waals surface area (Å²) in [5.74, 6) is 0.207. The molecule has 0 radical (unpaired) electrons. The van der Waals surface area contributed by atoms with Crippen LogP contribution in [0, 0.1) is 0 Å². The molecule has 2 aliphatic heterocycles. The van der Waals surface area contributed by atoms with Crippen molar-refractivity contribution in [2.24, 2.45) is 0 Å². The molecule has 0 amide bonds. The lowest BCUT2D eigenvalue weighted by atomic mass is 9.91. The molecule has 0 unspecified atom stereocenters. The second-order valence-corrected chi connectivity index (χ2v) is 4.30. The molecule has 2 atom stereocenters. The highest BCUT2D eigenvalue weighted by atomic mass is 19.4. The summed E-state index contributed by atoms with van der Waals surface area (Å²) < 4.78 is 58.8. The average molecular weight is 245 g/mol. The maximum absolute atomic E-state index is 12.6. The number of hydrogen-bond acceptors (Lipinski definition) is 2. The van der Waals surface area contributed by atoms with Gasteiger partial charge in [-0.1, -0.05) is 6.07 Å². The molecule has 2 aliphatic rings. The number of benzene rings is 1. The Morgan fingerprint density at radius 1 is 1.41 bits per heavy atom. The Kier molecular flexibility index (Phi) is 1.88. The Morgan fingerprint density at radius 2 is 2.24 bits per heavy atom. The molecular weight excluding hydrogens is 231 g/mol. The number of halogens is 3. The van der Waals surface area contributed by atoms with Crippen molar-refractivity contribution < 1.29 is 20.6 Å². The third-order valence-corrected chi connectivity index (χ3v) is 3.11. The van der Waals surface area contributed by atoms with E-state index >= 15 is 0 Å². The van der Waals surface area contributed by atoms with Gasteiger partial charge in [-0.05, 0) is 25.1 Å². The Morgan fingerprint density at radius 3 is 3.00 bits per heavy atom. The van der Waals surface area contributed by atoms with Gasteiger partial charge in [-0.2, -0.15) is 13.2 Å². The van der Waals surface area contributed by atoms with Crippen molar-refractivity contribution in [3.05, 3.63) is 29.3 Å². The van der Waals surface area contributed by atoms with Gasteiger partial charge in [-0.3, -0.25) is 0 Å². The number of ether oxygens (including phenoxy) is 1. The molecule has 0 aliphatic carbocycles. The molecule has 2 bridgehead atoms. The Balaban J connectivity index is 1.99. The van der Waals surface area contributed by atoms with E-state index in [1.807, 2.05) is 0 Å². The zero-order chi connectivity index (χ0) is 13.8. The fourth-order valence-electron chi connectivity index (χ4n) is 2.28. The summed E-state index contributed by atoms with van der Waals surface area (Å²) in [5, 5.41) is 2.81. The average Bonchev–Trinajstić information content (AvgIpc) is 2.24. The summed E-state index contributed by atoms with van der Waals surface area (Å²) in [6.45, 7) is -1.55. The Bertz CT molecular complexity index is 518. The van der Waals surface area contributed by atoms with Crippen molar-refractivity contribution in [1.82, 2.24) is 5.32 Å². The van der Waals surface area contributed by atoms with Gasteiger partial charge in [0.2, 0.25) is 0 Å². The highest BCUT2D eigenvalue weighted by Gasteiger charge is 2.35. The van der Waals surface area contributed by atoms with Crippen molar-refractivity contribution >= 4 is 0 Å². The van der Waals surface area contributed by atoms with Crippen LogP contribution in [0.25, 0.3) is 0 Å². The molecule has 1 aromatic carbocycles. The summed E-state index contributed by atoms with van der Waals surface area (Å²) in [6.07, 6.45) is -4.05. The van der Waals surface area contributed by atoms with Crippen LogP contribution in [0.3, 0.4) is 0 Å². The van der Waals surface area contributed by atoms with Crippen LogP contribution in [0.15, 0.2) is 18.2 Å². The maximum Gasteiger partial charge on any atom is 0.416 e. The Labute approximate surface area is 99.6 Å². The van der Waals surface area contributed by atoms with Crippen LogP contribution in [0.2, 0.25) is 0 Å². The topological polar surface area (TPSA) is 21.3 Å². The monoisotopic (exact) mass is 245 g/mol. The largest absolute Gasteiger partial charge is 0.490 e. The zero-order valence-corrected chi connectivity index (χ0v) is 8.84. The fraction of sp³-hybridized carbons (Fsp3) is 0.500. The molecule has 0 saturated carbocycles. The van der Waals surface area contributed by atoms with Crippen molar-refractivity contribution in [2.45, 2.75) is 31.2 Å². The molecule has 17 heavy (non-hydrogen) atoms. The van der Waals surface area contributed by atoms with Gasteiger partial charge in [0.1, 0.15) is 11.9 Å². The molecule has 5 heteroatoms. The third kappa shape index (κ3) is 1.88. The SMILES string of the molecule is [2H]C1([2H])C[C@H]2C[C@@H](N1)c1ccc(C(F)(F)F)cc1O2. The van der Waals surface area contributed by atoms with Crippen LogP contribution in [-0.4, -0.2) is 12.6 Å². The van der Waals surface area contributed by atoms with E-state index in [4.69, 9.17) is 7.48 Å². The summed E-state index contributed by atoms with van der Waals surface area (Å²) in [5.41, 5.74) is -0.151. The molecule has 1 N–H and O–H groups in total. The van der Waals surface area contributed by atoms with Gasteiger partial charge >= 0.3 is 6.18 Å². The zero-order valence-electron chi connectivity index (χ0n) is 10.8. The first-order valence-corrected chi connectivity index (χ1v) is 5.40. The highest BCUT2D eigenvalue weighted by molar-refractivity contribution is 5.42. The van der Waals surface area contributed by atoms with Crippen molar-refractivity contribution in [3.63, 3.8) is 0 Å². The van der Waals surface area contributed by atoms with E-state index in [1.54, 1.807) is 0 Å². The minimum Gasteiger partial charge on any atom is -0.490 e. The summed E-state index contributed by atoms with van der Waals surface area (Å²) in [7, 11) is 0. The summed E-state index contributed by atoms with van der Waals surface area (Å²) in [4.78, 5) is 0. The Hall–Kier alpha value is -1.23. The van der Waals surface area contributed by atoms with Gasteiger partial charge in [0, 0.05) is 20.8 Å². The smallest absolute Gasteiger partial charge is 0.416 e. The quantitative estimate of drug-likeness (QED) is 0.758. The van der Waals surface area contributed by atoms with Crippen LogP contribution in [0.1, 0.15) is 32.8 Å². The molecule has 0 aromatic heterocycles. The maximum atomic E-state index is 12.6. The van der Waals surface area contributed by atoms with E-state index in [2.05, 4.69) is 5.32 Å². The van der Waals surface area contributed by atoms with Crippen molar-refractivity contribution in [3.8, 4) is 5.75 Å². The first-order chi connectivity index (χ1) is 8.74. The van der Waals surface area contributed by atoms with Gasteiger partial charge < -0.3 is 10.1 Å². The fourth-order valence-corrected chi connectivity index (χ4v) is 2.28. The normalized spacial score (nSPS) is 31.9. The third-order valence-electron chi connectivity index (χ3n) is 3.11. The molecule has 2 nitrogen and oxygen atoms in total. The van der Waals surface area contributed by atoms with Gasteiger partial charge in [0.05, 0.1) is 5.56 Å². The first kappa shape index (κ1) is 8.80. The minimum absolute atomic E-state index is 0.138. The van der Waals surface area contributed by atoms with Crippen LogP contribution in [0.5, 0.6) is 5.75 Å². The number of hydrogen-bond donors (Lipinski definition) is 1. The van der Waals surface area contributed by atoms with Crippen molar-refractivity contribution in [1.29, 1.82) is 0 Å². The molecule has 3 rings (SSSR count). The number of alkyl halides is 3. The van der Waals surface area contributed by atoms with Crippen molar-refractivity contribution in [2.75, 3.05) is 6.50 Å². The molecule has 1 aromatic rings. The van der Waals surface area contributed by atoms with E-state index in [1.165, 1.54) is 6.07 Å². The van der Waals surface area contributed by atoms with Gasteiger partial charge in [-0.25, -0.2) is 0 Å². The van der Waals surface area contributed by atoms with E-state index < -0.39 is 18.2 Å². The lowest BCUT2D eigenvalue weighted by Crippen LogP contribution is -2.40. The lowest BCUT2D eigenvalue weighted by molar-refractivity contribution is -0.137. The second-order valence-electron chi connectivity index (χ2n) is 4.30. The summed E-state index contributed by atoms with van der Waals surface area (Å²) in [6, 6.07) is 3.08. The second kappa shape index (κ2) is 3.63. The highest BCUT2D eigenvalue weighted by Crippen LogP contribution is 2.41. The van der Waals surface area contributed by atoms with E-state index in [-0.39, 0.29) is 24.3 Å². The molecule has 0 spiro atoms. The van der Waals surface area contributed by atoms with E-state index in [0.717, 1.165) is 12.1 Å². The molecule has 92 valence electrons. The van der Waals surface area contributed by atoms with Gasteiger partial charge in [-0.15, -0.1) is 0 Å². The first-order valence-electron chi connectivity index (χ1n) is 6.40. The van der Waals surface area contributed by atoms with Gasteiger partial charge in [0.25, 0.3) is 0 Å². The minimum atomic E-state index is -4.40. The molecule has 1 fully saturated rings. The van der Waals surface area contributed by atoms with Crippen LogP contribution in [0.4, 0.5) is 13.2 Å².